The van der Waals surface area contributed by atoms with E-state index in [1.165, 1.54) is 31.6 Å². The molecule has 0 unspecified atom stereocenters. The lowest BCUT2D eigenvalue weighted by atomic mass is 9.93. The topological polar surface area (TPSA) is 15.3 Å². The van der Waals surface area contributed by atoms with Crippen molar-refractivity contribution in [3.8, 4) is 0 Å². The number of hydrogen-bond acceptors (Lipinski definition) is 2. The van der Waals surface area contributed by atoms with Crippen molar-refractivity contribution >= 4 is 0 Å². The predicted molar refractivity (Wildman–Crippen MR) is 73.0 cm³/mol. The van der Waals surface area contributed by atoms with E-state index in [1.807, 2.05) is 0 Å². The number of hydrogen-bond donors (Lipinski definition) is 1. The molecule has 2 heteroatoms. The van der Waals surface area contributed by atoms with Gasteiger partial charge >= 0.3 is 0 Å². The normalized spacial score (nSPS) is 26.0. The Balaban J connectivity index is 1.80. The van der Waals surface area contributed by atoms with Crippen molar-refractivity contribution in [2.45, 2.75) is 32.9 Å². The Morgan fingerprint density at radius 1 is 1.29 bits per heavy atom. The van der Waals surface area contributed by atoms with Gasteiger partial charge in [0.2, 0.25) is 0 Å². The number of rotatable bonds is 4. The Bertz CT molecular complexity index is 323. The van der Waals surface area contributed by atoms with Gasteiger partial charge in [-0.1, -0.05) is 44.2 Å². The lowest BCUT2D eigenvalue weighted by Crippen LogP contribution is -2.47. The molecule has 2 rings (SSSR count). The van der Waals surface area contributed by atoms with Crippen molar-refractivity contribution in [1.82, 2.24) is 10.2 Å². The van der Waals surface area contributed by atoms with E-state index >= 15 is 0 Å². The molecular formula is C15H24N2. The average Bonchev–Trinajstić information content (AvgIpc) is 2.38. The highest BCUT2D eigenvalue weighted by atomic mass is 15.1. The van der Waals surface area contributed by atoms with Gasteiger partial charge in [-0.2, -0.15) is 0 Å². The molecule has 0 spiro atoms. The molecule has 0 bridgehead atoms. The standard InChI is InChI=1S/C15H24N2/c1-3-17-10-9-15(13(2)12-17)16-11-14-7-5-4-6-8-14/h4-8,13,15-16H,3,9-12H2,1-2H3/t13-,15-/m1/s1. The van der Waals surface area contributed by atoms with Crippen molar-refractivity contribution in [2.24, 2.45) is 5.92 Å². The average molecular weight is 232 g/mol. The Kier molecular flexibility index (Phi) is 4.57. The van der Waals surface area contributed by atoms with Crippen molar-refractivity contribution in [3.63, 3.8) is 0 Å². The molecule has 1 saturated heterocycles. The van der Waals surface area contributed by atoms with Gasteiger partial charge in [-0.05, 0) is 31.0 Å². The number of likely N-dealkylation sites (tertiary alicyclic amines) is 1. The fraction of sp³-hybridized carbons (Fsp3) is 0.600. The minimum Gasteiger partial charge on any atom is -0.310 e. The summed E-state index contributed by atoms with van der Waals surface area (Å²) in [6, 6.07) is 11.4. The van der Waals surface area contributed by atoms with Gasteiger partial charge in [0.05, 0.1) is 0 Å². The van der Waals surface area contributed by atoms with E-state index in [2.05, 4.69) is 54.4 Å². The van der Waals surface area contributed by atoms with Gasteiger partial charge in [-0.15, -0.1) is 0 Å². The van der Waals surface area contributed by atoms with Crippen LogP contribution in [0.4, 0.5) is 0 Å². The molecule has 1 heterocycles. The quantitative estimate of drug-likeness (QED) is 0.858. The summed E-state index contributed by atoms with van der Waals surface area (Å²) < 4.78 is 0. The molecule has 1 N–H and O–H groups in total. The molecule has 2 nitrogen and oxygen atoms in total. The van der Waals surface area contributed by atoms with Crippen LogP contribution in [0.25, 0.3) is 0 Å². The van der Waals surface area contributed by atoms with Crippen LogP contribution in [0, 0.1) is 5.92 Å². The highest BCUT2D eigenvalue weighted by Crippen LogP contribution is 2.16. The summed E-state index contributed by atoms with van der Waals surface area (Å²) in [7, 11) is 0. The summed E-state index contributed by atoms with van der Waals surface area (Å²) in [5, 5.41) is 3.71. The number of benzene rings is 1. The molecule has 2 atom stereocenters. The van der Waals surface area contributed by atoms with E-state index in [9.17, 15) is 0 Å². The Labute approximate surface area is 105 Å². The summed E-state index contributed by atoms with van der Waals surface area (Å²) in [6.07, 6.45) is 1.28. The summed E-state index contributed by atoms with van der Waals surface area (Å²) in [5.74, 6) is 0.757. The van der Waals surface area contributed by atoms with Gasteiger partial charge in [0.25, 0.3) is 0 Å². The molecule has 94 valence electrons. The first-order valence-corrected chi connectivity index (χ1v) is 6.79. The second-order valence-electron chi connectivity index (χ2n) is 5.13. The lowest BCUT2D eigenvalue weighted by Gasteiger charge is -2.36. The van der Waals surface area contributed by atoms with E-state index in [-0.39, 0.29) is 0 Å². The smallest absolute Gasteiger partial charge is 0.0208 e. The zero-order valence-electron chi connectivity index (χ0n) is 11.0. The summed E-state index contributed by atoms with van der Waals surface area (Å²) in [4.78, 5) is 2.55. The Hall–Kier alpha value is -0.860. The third-order valence-corrected chi connectivity index (χ3v) is 3.85. The first kappa shape index (κ1) is 12.6. The largest absolute Gasteiger partial charge is 0.310 e. The van der Waals surface area contributed by atoms with Crippen LogP contribution < -0.4 is 5.32 Å². The number of nitrogens with one attached hydrogen (secondary N) is 1. The molecular weight excluding hydrogens is 208 g/mol. The Morgan fingerprint density at radius 2 is 2.06 bits per heavy atom. The van der Waals surface area contributed by atoms with Crippen LogP contribution in [0.3, 0.4) is 0 Å². The summed E-state index contributed by atoms with van der Waals surface area (Å²) in [5.41, 5.74) is 1.39. The second kappa shape index (κ2) is 6.18. The molecule has 0 aliphatic carbocycles. The molecule has 1 aromatic rings. The maximum absolute atomic E-state index is 3.71. The molecule has 1 aromatic carbocycles. The van der Waals surface area contributed by atoms with Gasteiger partial charge in [0.15, 0.2) is 0 Å². The predicted octanol–water partition coefficient (Wildman–Crippen LogP) is 2.51. The van der Waals surface area contributed by atoms with Crippen molar-refractivity contribution in [3.05, 3.63) is 35.9 Å². The highest BCUT2D eigenvalue weighted by molar-refractivity contribution is 5.14. The van der Waals surface area contributed by atoms with Gasteiger partial charge in [0, 0.05) is 19.1 Å². The van der Waals surface area contributed by atoms with E-state index < -0.39 is 0 Å². The molecule has 1 aliphatic rings. The zero-order valence-corrected chi connectivity index (χ0v) is 11.0. The van der Waals surface area contributed by atoms with E-state index in [0.29, 0.717) is 6.04 Å². The summed E-state index contributed by atoms with van der Waals surface area (Å²) in [6.45, 7) is 9.29. The fourth-order valence-corrected chi connectivity index (χ4v) is 2.67. The maximum Gasteiger partial charge on any atom is 0.0208 e. The third-order valence-electron chi connectivity index (χ3n) is 3.85. The van der Waals surface area contributed by atoms with Crippen LogP contribution in [-0.2, 0) is 6.54 Å². The lowest BCUT2D eigenvalue weighted by molar-refractivity contribution is 0.153. The highest BCUT2D eigenvalue weighted by Gasteiger charge is 2.24. The van der Waals surface area contributed by atoms with E-state index in [4.69, 9.17) is 0 Å². The van der Waals surface area contributed by atoms with Gasteiger partial charge < -0.3 is 10.2 Å². The third kappa shape index (κ3) is 3.55. The van der Waals surface area contributed by atoms with E-state index in [1.54, 1.807) is 0 Å². The summed E-state index contributed by atoms with van der Waals surface area (Å²) >= 11 is 0. The number of piperidine rings is 1. The van der Waals surface area contributed by atoms with Crippen molar-refractivity contribution in [1.29, 1.82) is 0 Å². The first-order valence-electron chi connectivity index (χ1n) is 6.79. The monoisotopic (exact) mass is 232 g/mol. The minimum atomic E-state index is 0.679. The van der Waals surface area contributed by atoms with Gasteiger partial charge in [-0.3, -0.25) is 0 Å². The zero-order chi connectivity index (χ0) is 12.1. The number of nitrogens with zero attached hydrogens (tertiary/aromatic N) is 1. The SMILES string of the molecule is CCN1CC[C@@H](NCc2ccccc2)[C@H](C)C1. The molecule has 0 amide bonds. The van der Waals surface area contributed by atoms with Crippen LogP contribution in [0.2, 0.25) is 0 Å². The second-order valence-corrected chi connectivity index (χ2v) is 5.13. The molecule has 0 saturated carbocycles. The van der Waals surface area contributed by atoms with Crippen LogP contribution in [0.5, 0.6) is 0 Å². The van der Waals surface area contributed by atoms with Crippen LogP contribution in [-0.4, -0.2) is 30.6 Å². The molecule has 1 aliphatic heterocycles. The molecule has 17 heavy (non-hydrogen) atoms. The first-order chi connectivity index (χ1) is 8.29. The minimum absolute atomic E-state index is 0.679. The van der Waals surface area contributed by atoms with Crippen molar-refractivity contribution in [2.75, 3.05) is 19.6 Å². The van der Waals surface area contributed by atoms with Crippen LogP contribution in [0.15, 0.2) is 30.3 Å². The van der Waals surface area contributed by atoms with Crippen LogP contribution in [0.1, 0.15) is 25.8 Å². The Morgan fingerprint density at radius 3 is 2.71 bits per heavy atom. The molecule has 0 radical (unpaired) electrons. The van der Waals surface area contributed by atoms with E-state index in [0.717, 1.165) is 12.5 Å². The molecule has 0 aromatic heterocycles. The van der Waals surface area contributed by atoms with Crippen molar-refractivity contribution < 1.29 is 0 Å². The fourth-order valence-electron chi connectivity index (χ4n) is 2.67. The van der Waals surface area contributed by atoms with Gasteiger partial charge in [-0.25, -0.2) is 0 Å². The maximum atomic E-state index is 3.71. The van der Waals surface area contributed by atoms with Crippen LogP contribution >= 0.6 is 0 Å². The molecule has 1 fully saturated rings. The van der Waals surface area contributed by atoms with Gasteiger partial charge in [0.1, 0.15) is 0 Å².